The van der Waals surface area contributed by atoms with Gasteiger partial charge in [-0.3, -0.25) is 4.72 Å². The molecule has 0 bridgehead atoms. The average molecular weight is 301 g/mol. The molecule has 0 spiro atoms. The number of sulfonamides is 1. The Labute approximate surface area is 114 Å². The van der Waals surface area contributed by atoms with Crippen LogP contribution in [-0.4, -0.2) is 13.4 Å². The van der Waals surface area contributed by atoms with Crippen LogP contribution < -0.4 is 10.5 Å². The highest BCUT2D eigenvalue weighted by atomic mass is 32.2. The predicted molar refractivity (Wildman–Crippen MR) is 73.2 cm³/mol. The van der Waals surface area contributed by atoms with Gasteiger partial charge >= 0.3 is 0 Å². The summed E-state index contributed by atoms with van der Waals surface area (Å²) in [6.07, 6.45) is 0. The van der Waals surface area contributed by atoms with Crippen LogP contribution in [0.5, 0.6) is 0 Å². The van der Waals surface area contributed by atoms with Gasteiger partial charge in [-0.25, -0.2) is 17.8 Å². The van der Waals surface area contributed by atoms with Gasteiger partial charge in [-0.05, 0) is 26.0 Å². The molecule has 1 heterocycles. The number of thiazole rings is 1. The number of benzene rings is 1. The van der Waals surface area contributed by atoms with Crippen LogP contribution in [0.4, 0.5) is 15.2 Å². The molecule has 0 saturated carbocycles. The largest absolute Gasteiger partial charge is 0.398 e. The lowest BCUT2D eigenvalue weighted by Gasteiger charge is -2.08. The zero-order valence-electron chi connectivity index (χ0n) is 10.3. The summed E-state index contributed by atoms with van der Waals surface area (Å²) in [5.74, 6) is -0.891. The number of rotatable bonds is 3. The summed E-state index contributed by atoms with van der Waals surface area (Å²) >= 11 is 1.18. The highest BCUT2D eigenvalue weighted by Crippen LogP contribution is 2.27. The molecule has 0 aliphatic carbocycles. The number of anilines is 2. The first-order valence-electron chi connectivity index (χ1n) is 5.32. The Hall–Kier alpha value is -1.67. The molecular formula is C11H12FN3O2S2. The van der Waals surface area contributed by atoms with Gasteiger partial charge in [-0.1, -0.05) is 6.07 Å². The fraction of sp³-hybridized carbons (Fsp3) is 0.182. The van der Waals surface area contributed by atoms with Crippen molar-refractivity contribution in [2.24, 2.45) is 0 Å². The third kappa shape index (κ3) is 2.69. The molecule has 0 unspecified atom stereocenters. The minimum atomic E-state index is -4.08. The highest BCUT2D eigenvalue weighted by Gasteiger charge is 2.23. The van der Waals surface area contributed by atoms with Crippen LogP contribution in [0.15, 0.2) is 23.1 Å². The van der Waals surface area contributed by atoms with Crippen LogP contribution in [0.3, 0.4) is 0 Å². The van der Waals surface area contributed by atoms with Gasteiger partial charge in [0.2, 0.25) is 0 Å². The van der Waals surface area contributed by atoms with Gasteiger partial charge in [0.05, 0.1) is 11.4 Å². The zero-order chi connectivity index (χ0) is 14.2. The molecule has 0 atom stereocenters. The number of nitrogens with two attached hydrogens (primary N) is 1. The molecule has 8 heteroatoms. The number of halogens is 1. The fourth-order valence-corrected chi connectivity index (χ4v) is 3.73. The maximum atomic E-state index is 13.6. The molecule has 2 aromatic rings. The molecule has 0 amide bonds. The molecule has 0 saturated heterocycles. The standard InChI is InChI=1S/C11H12FN3O2S2/c1-6-7(2)18-11(14-6)15-19(16,17)10-8(12)4-3-5-9(10)13/h3-5H,13H2,1-2H3,(H,14,15). The topological polar surface area (TPSA) is 85.1 Å². The van der Waals surface area contributed by atoms with Gasteiger partial charge in [0.15, 0.2) is 5.13 Å². The van der Waals surface area contributed by atoms with Crippen LogP contribution in [0.1, 0.15) is 10.6 Å². The average Bonchev–Trinajstić information content (AvgIpc) is 2.55. The lowest BCUT2D eigenvalue weighted by atomic mass is 10.3. The summed E-state index contributed by atoms with van der Waals surface area (Å²) in [6, 6.07) is 3.72. The number of hydrogen-bond donors (Lipinski definition) is 2. The third-order valence-electron chi connectivity index (χ3n) is 2.52. The normalized spacial score (nSPS) is 11.5. The Morgan fingerprint density at radius 2 is 2.05 bits per heavy atom. The number of nitrogens with one attached hydrogen (secondary N) is 1. The molecule has 1 aromatic heterocycles. The number of nitrogens with zero attached hydrogens (tertiary/aromatic N) is 1. The Morgan fingerprint density at radius 3 is 2.58 bits per heavy atom. The Balaban J connectivity index is 2.43. The molecule has 102 valence electrons. The molecule has 0 fully saturated rings. The molecule has 5 nitrogen and oxygen atoms in total. The van der Waals surface area contributed by atoms with Crippen LogP contribution in [-0.2, 0) is 10.0 Å². The molecular weight excluding hydrogens is 289 g/mol. The quantitative estimate of drug-likeness (QED) is 0.852. The maximum absolute atomic E-state index is 13.6. The summed E-state index contributed by atoms with van der Waals surface area (Å²) in [5.41, 5.74) is 6.11. The van der Waals surface area contributed by atoms with E-state index in [-0.39, 0.29) is 10.8 Å². The van der Waals surface area contributed by atoms with Crippen molar-refractivity contribution in [3.05, 3.63) is 34.6 Å². The van der Waals surface area contributed by atoms with E-state index in [0.717, 1.165) is 16.6 Å². The van der Waals surface area contributed by atoms with E-state index in [4.69, 9.17) is 5.73 Å². The molecule has 1 aromatic carbocycles. The van der Waals surface area contributed by atoms with Crippen molar-refractivity contribution < 1.29 is 12.8 Å². The smallest absolute Gasteiger partial charge is 0.268 e. The van der Waals surface area contributed by atoms with Crippen molar-refractivity contribution in [3.8, 4) is 0 Å². The van der Waals surface area contributed by atoms with Crippen LogP contribution in [0, 0.1) is 19.7 Å². The van der Waals surface area contributed by atoms with Gasteiger partial charge in [0, 0.05) is 4.88 Å². The van der Waals surface area contributed by atoms with Gasteiger partial charge in [-0.2, -0.15) is 0 Å². The van der Waals surface area contributed by atoms with Crippen molar-refractivity contribution >= 4 is 32.2 Å². The minimum absolute atomic E-state index is 0.141. The van der Waals surface area contributed by atoms with E-state index >= 15 is 0 Å². The van der Waals surface area contributed by atoms with E-state index in [2.05, 4.69) is 9.71 Å². The lowest BCUT2D eigenvalue weighted by molar-refractivity contribution is 0.572. The van der Waals surface area contributed by atoms with E-state index in [1.54, 1.807) is 6.92 Å². The van der Waals surface area contributed by atoms with E-state index < -0.39 is 20.7 Å². The molecule has 0 aliphatic rings. The molecule has 0 aliphatic heterocycles. The Morgan fingerprint density at radius 1 is 1.37 bits per heavy atom. The van der Waals surface area contributed by atoms with Crippen LogP contribution in [0.25, 0.3) is 0 Å². The van der Waals surface area contributed by atoms with Crippen molar-refractivity contribution in [1.82, 2.24) is 4.98 Å². The summed E-state index contributed by atoms with van der Waals surface area (Å²) in [4.78, 5) is 4.38. The fourth-order valence-electron chi connectivity index (χ4n) is 1.49. The van der Waals surface area contributed by atoms with E-state index in [0.29, 0.717) is 0 Å². The first-order chi connectivity index (χ1) is 8.81. The number of aromatic nitrogens is 1. The number of hydrogen-bond acceptors (Lipinski definition) is 5. The SMILES string of the molecule is Cc1nc(NS(=O)(=O)c2c(N)cccc2F)sc1C. The first-order valence-corrected chi connectivity index (χ1v) is 7.62. The van der Waals surface area contributed by atoms with Crippen molar-refractivity contribution in [1.29, 1.82) is 0 Å². The summed E-state index contributed by atoms with van der Waals surface area (Å²) < 4.78 is 40.1. The summed E-state index contributed by atoms with van der Waals surface area (Å²) in [6.45, 7) is 3.59. The Kier molecular flexibility index (Phi) is 3.46. The van der Waals surface area contributed by atoms with Gasteiger partial charge < -0.3 is 5.73 Å². The number of nitrogen functional groups attached to an aromatic ring is 1. The van der Waals surface area contributed by atoms with Crippen molar-refractivity contribution in [3.63, 3.8) is 0 Å². The van der Waals surface area contributed by atoms with E-state index in [9.17, 15) is 12.8 Å². The van der Waals surface area contributed by atoms with Crippen LogP contribution >= 0.6 is 11.3 Å². The second-order valence-corrected chi connectivity index (χ2v) is 6.75. The van der Waals surface area contributed by atoms with Gasteiger partial charge in [0.1, 0.15) is 10.7 Å². The second-order valence-electron chi connectivity index (χ2n) is 3.92. The zero-order valence-corrected chi connectivity index (χ0v) is 11.9. The predicted octanol–water partition coefficient (Wildman–Crippen LogP) is 2.28. The van der Waals surface area contributed by atoms with Crippen molar-refractivity contribution in [2.45, 2.75) is 18.7 Å². The second kappa shape index (κ2) is 4.78. The van der Waals surface area contributed by atoms with Crippen molar-refractivity contribution in [2.75, 3.05) is 10.5 Å². The molecule has 3 N–H and O–H groups in total. The number of aryl methyl sites for hydroxylation is 2. The monoisotopic (exact) mass is 301 g/mol. The minimum Gasteiger partial charge on any atom is -0.398 e. The molecule has 2 rings (SSSR count). The van der Waals surface area contributed by atoms with E-state index in [1.165, 1.54) is 23.5 Å². The summed E-state index contributed by atoms with van der Waals surface area (Å²) in [5, 5.41) is 0.192. The van der Waals surface area contributed by atoms with Gasteiger partial charge in [-0.15, -0.1) is 11.3 Å². The first kappa shape index (κ1) is 13.8. The third-order valence-corrected chi connectivity index (χ3v) is 5.06. The van der Waals surface area contributed by atoms with Crippen LogP contribution in [0.2, 0.25) is 0 Å². The maximum Gasteiger partial charge on any atom is 0.268 e. The molecule has 19 heavy (non-hydrogen) atoms. The van der Waals surface area contributed by atoms with Gasteiger partial charge in [0.25, 0.3) is 10.0 Å². The highest BCUT2D eigenvalue weighted by molar-refractivity contribution is 7.93. The molecule has 0 radical (unpaired) electrons. The van der Waals surface area contributed by atoms with E-state index in [1.807, 2.05) is 6.92 Å². The Bertz CT molecular complexity index is 686. The summed E-state index contributed by atoms with van der Waals surface area (Å²) in [7, 11) is -4.08. The lowest BCUT2D eigenvalue weighted by Crippen LogP contribution is -2.16.